The Morgan fingerprint density at radius 2 is 1.50 bits per heavy atom. The van der Waals surface area contributed by atoms with Crippen LogP contribution >= 0.6 is 0 Å². The van der Waals surface area contributed by atoms with E-state index < -0.39 is 0 Å². The molecule has 2 aromatic rings. The standard InChI is InChI=1S/C18H16O2/c1-13-16(14-8-4-2-5-9-14)12-17(20-18(13)19)15-10-6-3-7-11-15/h2-13,16H,1H3/t13-,16-/m1/s1. The fraction of sp³-hybridized carbons (Fsp3) is 0.167. The average molecular weight is 264 g/mol. The van der Waals surface area contributed by atoms with Gasteiger partial charge in [0, 0.05) is 11.5 Å². The average Bonchev–Trinajstić information content (AvgIpc) is 2.51. The molecule has 0 amide bonds. The smallest absolute Gasteiger partial charge is 0.314 e. The van der Waals surface area contributed by atoms with Crippen LogP contribution in [0.4, 0.5) is 0 Å². The summed E-state index contributed by atoms with van der Waals surface area (Å²) in [6, 6.07) is 19.8. The molecular weight excluding hydrogens is 248 g/mol. The number of hydrogen-bond donors (Lipinski definition) is 0. The Balaban J connectivity index is 2.02. The molecule has 0 aliphatic carbocycles. The van der Waals surface area contributed by atoms with E-state index in [0.29, 0.717) is 5.76 Å². The summed E-state index contributed by atoms with van der Waals surface area (Å²) in [5.41, 5.74) is 2.08. The normalized spacial score (nSPS) is 22.1. The summed E-state index contributed by atoms with van der Waals surface area (Å²) in [5, 5.41) is 0. The molecule has 1 aliphatic heterocycles. The van der Waals surface area contributed by atoms with Crippen LogP contribution in [0.1, 0.15) is 24.0 Å². The molecule has 1 heterocycles. The summed E-state index contributed by atoms with van der Waals surface area (Å²) in [5.74, 6) is 0.389. The number of benzene rings is 2. The van der Waals surface area contributed by atoms with Gasteiger partial charge >= 0.3 is 5.97 Å². The van der Waals surface area contributed by atoms with Crippen molar-refractivity contribution in [3.8, 4) is 0 Å². The third-order valence-electron chi connectivity index (χ3n) is 3.69. The molecule has 0 aromatic heterocycles. The summed E-state index contributed by atoms with van der Waals surface area (Å²) in [6.07, 6.45) is 2.05. The molecule has 2 atom stereocenters. The Kier molecular flexibility index (Phi) is 3.38. The predicted molar refractivity (Wildman–Crippen MR) is 78.9 cm³/mol. The first-order valence-electron chi connectivity index (χ1n) is 6.79. The van der Waals surface area contributed by atoms with Gasteiger partial charge in [-0.2, -0.15) is 0 Å². The highest BCUT2D eigenvalue weighted by molar-refractivity contribution is 5.84. The summed E-state index contributed by atoms with van der Waals surface area (Å²) >= 11 is 0. The van der Waals surface area contributed by atoms with E-state index in [1.54, 1.807) is 0 Å². The summed E-state index contributed by atoms with van der Waals surface area (Å²) < 4.78 is 5.46. The first kappa shape index (κ1) is 12.7. The van der Waals surface area contributed by atoms with E-state index in [1.165, 1.54) is 0 Å². The van der Waals surface area contributed by atoms with Gasteiger partial charge in [-0.3, -0.25) is 4.79 Å². The third kappa shape index (κ3) is 2.37. The van der Waals surface area contributed by atoms with Crippen molar-refractivity contribution >= 4 is 11.7 Å². The molecule has 0 unspecified atom stereocenters. The molecule has 20 heavy (non-hydrogen) atoms. The molecule has 1 aliphatic rings. The number of esters is 1. The second kappa shape index (κ2) is 5.33. The zero-order valence-electron chi connectivity index (χ0n) is 11.3. The van der Waals surface area contributed by atoms with Gasteiger partial charge in [0.2, 0.25) is 0 Å². The number of hydrogen-bond acceptors (Lipinski definition) is 2. The minimum atomic E-state index is -0.166. The van der Waals surface area contributed by atoms with Crippen molar-refractivity contribution in [3.63, 3.8) is 0 Å². The largest absolute Gasteiger partial charge is 0.426 e. The van der Waals surface area contributed by atoms with Crippen molar-refractivity contribution in [1.82, 2.24) is 0 Å². The van der Waals surface area contributed by atoms with Gasteiger partial charge in [-0.15, -0.1) is 0 Å². The predicted octanol–water partition coefficient (Wildman–Crippen LogP) is 4.00. The van der Waals surface area contributed by atoms with Crippen LogP contribution in [0, 0.1) is 5.92 Å². The number of carbonyl (C=O) groups is 1. The third-order valence-corrected chi connectivity index (χ3v) is 3.69. The van der Waals surface area contributed by atoms with E-state index in [0.717, 1.165) is 11.1 Å². The van der Waals surface area contributed by atoms with Crippen LogP contribution in [0.5, 0.6) is 0 Å². The quantitative estimate of drug-likeness (QED) is 0.766. The van der Waals surface area contributed by atoms with E-state index in [1.807, 2.05) is 55.5 Å². The molecule has 2 heteroatoms. The topological polar surface area (TPSA) is 26.3 Å². The van der Waals surface area contributed by atoms with Crippen LogP contribution in [-0.2, 0) is 9.53 Å². The summed E-state index contributed by atoms with van der Waals surface area (Å²) in [6.45, 7) is 1.91. The Morgan fingerprint density at radius 1 is 0.900 bits per heavy atom. The van der Waals surface area contributed by atoms with Gasteiger partial charge < -0.3 is 4.74 Å². The molecule has 0 spiro atoms. The van der Waals surface area contributed by atoms with Gasteiger partial charge in [-0.1, -0.05) is 67.6 Å². The number of allylic oxidation sites excluding steroid dienone is 1. The number of ether oxygens (including phenoxy) is 1. The Morgan fingerprint density at radius 3 is 2.15 bits per heavy atom. The van der Waals surface area contributed by atoms with Crippen molar-refractivity contribution in [2.24, 2.45) is 5.92 Å². The highest BCUT2D eigenvalue weighted by atomic mass is 16.5. The van der Waals surface area contributed by atoms with E-state index >= 15 is 0 Å². The van der Waals surface area contributed by atoms with Gasteiger partial charge in [-0.25, -0.2) is 0 Å². The molecule has 0 saturated heterocycles. The van der Waals surface area contributed by atoms with E-state index in [-0.39, 0.29) is 17.8 Å². The maximum absolute atomic E-state index is 12.1. The van der Waals surface area contributed by atoms with Crippen molar-refractivity contribution in [2.75, 3.05) is 0 Å². The summed E-state index contributed by atoms with van der Waals surface area (Å²) in [7, 11) is 0. The molecule has 0 saturated carbocycles. The minimum Gasteiger partial charge on any atom is -0.426 e. The van der Waals surface area contributed by atoms with Crippen LogP contribution in [0.3, 0.4) is 0 Å². The lowest BCUT2D eigenvalue weighted by molar-refractivity contribution is -0.142. The Labute approximate surface area is 118 Å². The molecule has 0 radical (unpaired) electrons. The van der Waals surface area contributed by atoms with Gasteiger partial charge in [0.1, 0.15) is 5.76 Å². The van der Waals surface area contributed by atoms with Crippen LogP contribution in [-0.4, -0.2) is 5.97 Å². The molecule has 2 aromatic carbocycles. The fourth-order valence-corrected chi connectivity index (χ4v) is 2.51. The van der Waals surface area contributed by atoms with Crippen LogP contribution in [0.15, 0.2) is 66.7 Å². The Hall–Kier alpha value is -2.35. The van der Waals surface area contributed by atoms with Gasteiger partial charge in [-0.05, 0) is 11.6 Å². The molecule has 0 fully saturated rings. The monoisotopic (exact) mass is 264 g/mol. The van der Waals surface area contributed by atoms with E-state index in [9.17, 15) is 4.79 Å². The van der Waals surface area contributed by atoms with Crippen molar-refractivity contribution in [2.45, 2.75) is 12.8 Å². The number of rotatable bonds is 2. The molecule has 0 N–H and O–H groups in total. The highest BCUT2D eigenvalue weighted by Gasteiger charge is 2.31. The first-order chi connectivity index (χ1) is 9.75. The number of carbonyl (C=O) groups excluding carboxylic acids is 1. The van der Waals surface area contributed by atoms with Crippen LogP contribution in [0.25, 0.3) is 5.76 Å². The van der Waals surface area contributed by atoms with E-state index in [4.69, 9.17) is 4.74 Å². The van der Waals surface area contributed by atoms with Crippen molar-refractivity contribution in [1.29, 1.82) is 0 Å². The molecular formula is C18H16O2. The first-order valence-corrected chi connectivity index (χ1v) is 6.79. The van der Waals surface area contributed by atoms with Crippen LogP contribution < -0.4 is 0 Å². The van der Waals surface area contributed by atoms with Gasteiger partial charge in [0.05, 0.1) is 5.92 Å². The second-order valence-electron chi connectivity index (χ2n) is 5.04. The van der Waals surface area contributed by atoms with Crippen molar-refractivity contribution < 1.29 is 9.53 Å². The molecule has 0 bridgehead atoms. The molecule has 3 rings (SSSR count). The Bertz CT molecular complexity index is 629. The van der Waals surface area contributed by atoms with Crippen molar-refractivity contribution in [3.05, 3.63) is 77.9 Å². The fourth-order valence-electron chi connectivity index (χ4n) is 2.51. The maximum atomic E-state index is 12.1. The highest BCUT2D eigenvalue weighted by Crippen LogP contribution is 2.35. The van der Waals surface area contributed by atoms with E-state index in [2.05, 4.69) is 18.2 Å². The maximum Gasteiger partial charge on any atom is 0.314 e. The van der Waals surface area contributed by atoms with Gasteiger partial charge in [0.15, 0.2) is 0 Å². The van der Waals surface area contributed by atoms with Crippen LogP contribution in [0.2, 0.25) is 0 Å². The zero-order chi connectivity index (χ0) is 13.9. The zero-order valence-corrected chi connectivity index (χ0v) is 11.3. The lowest BCUT2D eigenvalue weighted by Crippen LogP contribution is -2.25. The van der Waals surface area contributed by atoms with Gasteiger partial charge in [0.25, 0.3) is 0 Å². The lowest BCUT2D eigenvalue weighted by atomic mass is 9.84. The second-order valence-corrected chi connectivity index (χ2v) is 5.04. The minimum absolute atomic E-state index is 0.0626. The molecule has 2 nitrogen and oxygen atoms in total. The summed E-state index contributed by atoms with van der Waals surface area (Å²) in [4.78, 5) is 12.1. The SMILES string of the molecule is C[C@H]1C(=O)OC(c2ccccc2)=C[C@H]1c1ccccc1. The molecule has 100 valence electrons. The lowest BCUT2D eigenvalue weighted by Gasteiger charge is -2.26. The number of cyclic esters (lactones) is 1.